The number of hydrogen-bond donors (Lipinski definition) is 2. The molecule has 0 spiro atoms. The molecule has 8 nitrogen and oxygen atoms in total. The van der Waals surface area contributed by atoms with Crippen LogP contribution in [0, 0.1) is 10.1 Å². The zero-order valence-corrected chi connectivity index (χ0v) is 10.9. The minimum atomic E-state index is -0.531. The van der Waals surface area contributed by atoms with Gasteiger partial charge in [-0.15, -0.1) is 0 Å². The van der Waals surface area contributed by atoms with Crippen LogP contribution in [0.15, 0.2) is 42.6 Å². The molecular weight excluding hydrogens is 272 g/mol. The van der Waals surface area contributed by atoms with E-state index in [0.29, 0.717) is 12.4 Å². The highest BCUT2D eigenvalue weighted by Crippen LogP contribution is 2.21. The van der Waals surface area contributed by atoms with Gasteiger partial charge >= 0.3 is 5.82 Å². The number of nitrogens with one attached hydrogen (secondary N) is 1. The predicted octanol–water partition coefficient (Wildman–Crippen LogP) is 1.67. The van der Waals surface area contributed by atoms with Crippen LogP contribution in [-0.2, 0) is 6.54 Å². The van der Waals surface area contributed by atoms with Crippen molar-refractivity contribution < 1.29 is 4.92 Å². The molecule has 106 valence electrons. The fourth-order valence-corrected chi connectivity index (χ4v) is 2.12. The Bertz CT molecular complexity index is 813. The molecule has 3 N–H and O–H groups in total. The highest BCUT2D eigenvalue weighted by molar-refractivity contribution is 5.81. The monoisotopic (exact) mass is 284 g/mol. The molecule has 0 aliphatic carbocycles. The molecular formula is C13H12N6O2. The van der Waals surface area contributed by atoms with E-state index in [1.165, 1.54) is 10.7 Å². The molecule has 21 heavy (non-hydrogen) atoms. The number of rotatable bonds is 4. The van der Waals surface area contributed by atoms with Crippen LogP contribution in [0.2, 0.25) is 0 Å². The van der Waals surface area contributed by atoms with Crippen molar-refractivity contribution in [2.24, 2.45) is 5.84 Å². The lowest BCUT2D eigenvalue weighted by molar-refractivity contribution is -0.389. The average molecular weight is 284 g/mol. The fourth-order valence-electron chi connectivity index (χ4n) is 2.12. The zero-order chi connectivity index (χ0) is 14.8. The number of aromatic nitrogens is 3. The highest BCUT2D eigenvalue weighted by atomic mass is 16.6. The molecule has 0 radical (unpaired) electrons. The average Bonchev–Trinajstić information content (AvgIpc) is 2.95. The number of benzene rings is 1. The molecule has 8 heteroatoms. The Morgan fingerprint density at radius 3 is 2.86 bits per heavy atom. The third-order valence-electron chi connectivity index (χ3n) is 3.09. The number of hydrazine groups is 1. The summed E-state index contributed by atoms with van der Waals surface area (Å²) in [7, 11) is 0. The standard InChI is InChI=1S/C13H12N6O2/c14-16-13-10(7-9-3-1-2-4-11(9)15-13)8-18-6-5-12(17-18)19(20)21/h1-7H,8,14H2,(H,15,16). The number of pyridine rings is 1. The van der Waals surface area contributed by atoms with Crippen molar-refractivity contribution in [3.05, 3.63) is 58.3 Å². The maximum absolute atomic E-state index is 10.6. The second-order valence-corrected chi connectivity index (χ2v) is 4.46. The normalized spacial score (nSPS) is 10.7. The van der Waals surface area contributed by atoms with Gasteiger partial charge < -0.3 is 15.5 Å². The van der Waals surface area contributed by atoms with Gasteiger partial charge in [0.05, 0.1) is 29.4 Å². The Kier molecular flexibility index (Phi) is 3.20. The van der Waals surface area contributed by atoms with Gasteiger partial charge in [0.1, 0.15) is 5.82 Å². The molecule has 0 aliphatic heterocycles. The topological polar surface area (TPSA) is 112 Å². The third-order valence-corrected chi connectivity index (χ3v) is 3.09. The first-order valence-electron chi connectivity index (χ1n) is 6.20. The first kappa shape index (κ1) is 13.0. The summed E-state index contributed by atoms with van der Waals surface area (Å²) in [6, 6.07) is 10.9. The van der Waals surface area contributed by atoms with Gasteiger partial charge in [0, 0.05) is 10.9 Å². The SMILES string of the molecule is NNc1nc2ccccc2cc1Cn1ccc([N+](=O)[O-])n1. The summed E-state index contributed by atoms with van der Waals surface area (Å²) in [5.41, 5.74) is 4.17. The Balaban J connectivity index is 2.00. The molecule has 3 aromatic rings. The molecule has 0 saturated carbocycles. The summed E-state index contributed by atoms with van der Waals surface area (Å²) in [5.74, 6) is 5.83. The van der Waals surface area contributed by atoms with E-state index in [1.807, 2.05) is 30.3 Å². The van der Waals surface area contributed by atoms with Gasteiger partial charge in [-0.2, -0.15) is 4.68 Å². The second-order valence-electron chi connectivity index (χ2n) is 4.46. The van der Waals surface area contributed by atoms with Crippen LogP contribution in [0.25, 0.3) is 10.9 Å². The molecule has 1 aromatic carbocycles. The Morgan fingerprint density at radius 2 is 2.14 bits per heavy atom. The summed E-state index contributed by atoms with van der Waals surface area (Å²) in [5, 5.41) is 15.5. The van der Waals surface area contributed by atoms with Crippen LogP contribution in [0.4, 0.5) is 11.6 Å². The number of nitro groups is 1. The lowest BCUT2D eigenvalue weighted by Crippen LogP contribution is -2.13. The lowest BCUT2D eigenvalue weighted by Gasteiger charge is -2.08. The van der Waals surface area contributed by atoms with Crippen molar-refractivity contribution in [3.63, 3.8) is 0 Å². The third kappa shape index (κ3) is 2.51. The van der Waals surface area contributed by atoms with Crippen LogP contribution in [-0.4, -0.2) is 19.7 Å². The highest BCUT2D eigenvalue weighted by Gasteiger charge is 2.13. The molecule has 0 bridgehead atoms. The number of nitrogen functional groups attached to an aromatic ring is 1. The molecule has 2 heterocycles. The summed E-state index contributed by atoms with van der Waals surface area (Å²) >= 11 is 0. The van der Waals surface area contributed by atoms with Crippen LogP contribution in [0.5, 0.6) is 0 Å². The molecule has 2 aromatic heterocycles. The van der Waals surface area contributed by atoms with E-state index >= 15 is 0 Å². The van der Waals surface area contributed by atoms with Crippen LogP contribution in [0.3, 0.4) is 0 Å². The molecule has 0 aliphatic rings. The molecule has 0 saturated heterocycles. The number of nitrogens with zero attached hydrogens (tertiary/aromatic N) is 4. The summed E-state index contributed by atoms with van der Waals surface area (Å²) in [4.78, 5) is 14.5. The van der Waals surface area contributed by atoms with E-state index in [1.54, 1.807) is 6.20 Å². The molecule has 0 unspecified atom stereocenters. The fraction of sp³-hybridized carbons (Fsp3) is 0.0769. The minimum Gasteiger partial charge on any atom is -0.358 e. The zero-order valence-electron chi connectivity index (χ0n) is 10.9. The van der Waals surface area contributed by atoms with Gasteiger partial charge in [-0.05, 0) is 17.1 Å². The van der Waals surface area contributed by atoms with E-state index in [0.717, 1.165) is 16.5 Å². The maximum Gasteiger partial charge on any atom is 0.389 e. The van der Waals surface area contributed by atoms with E-state index in [-0.39, 0.29) is 5.82 Å². The van der Waals surface area contributed by atoms with Crippen molar-refractivity contribution in [2.75, 3.05) is 5.43 Å². The molecule has 0 amide bonds. The Labute approximate surface area is 119 Å². The largest absolute Gasteiger partial charge is 0.389 e. The smallest absolute Gasteiger partial charge is 0.358 e. The number of anilines is 1. The van der Waals surface area contributed by atoms with Gasteiger partial charge in [0.2, 0.25) is 0 Å². The van der Waals surface area contributed by atoms with Crippen molar-refractivity contribution in [1.82, 2.24) is 14.8 Å². The summed E-state index contributed by atoms with van der Waals surface area (Å²) in [6.45, 7) is 0.338. The van der Waals surface area contributed by atoms with Crippen molar-refractivity contribution >= 4 is 22.5 Å². The first-order chi connectivity index (χ1) is 10.2. The van der Waals surface area contributed by atoms with Gasteiger partial charge in [-0.1, -0.05) is 18.2 Å². The van der Waals surface area contributed by atoms with Gasteiger partial charge in [-0.25, -0.2) is 10.8 Å². The van der Waals surface area contributed by atoms with Gasteiger partial charge in [-0.3, -0.25) is 0 Å². The van der Waals surface area contributed by atoms with Crippen LogP contribution >= 0.6 is 0 Å². The first-order valence-corrected chi connectivity index (χ1v) is 6.20. The number of nitrogens with two attached hydrogens (primary N) is 1. The van der Waals surface area contributed by atoms with E-state index < -0.39 is 4.92 Å². The summed E-state index contributed by atoms with van der Waals surface area (Å²) < 4.78 is 1.48. The Morgan fingerprint density at radius 1 is 1.33 bits per heavy atom. The molecule has 0 fully saturated rings. The lowest BCUT2D eigenvalue weighted by atomic mass is 10.1. The Hall–Kier alpha value is -3.00. The number of fused-ring (bicyclic) bond motifs is 1. The minimum absolute atomic E-state index is 0.189. The quantitative estimate of drug-likeness (QED) is 0.428. The van der Waals surface area contributed by atoms with Crippen LogP contribution < -0.4 is 11.3 Å². The van der Waals surface area contributed by atoms with Gasteiger partial charge in [0.15, 0.2) is 0 Å². The maximum atomic E-state index is 10.6. The van der Waals surface area contributed by atoms with E-state index in [2.05, 4.69) is 15.5 Å². The second kappa shape index (κ2) is 5.17. The number of hydrogen-bond acceptors (Lipinski definition) is 6. The molecule has 0 atom stereocenters. The summed E-state index contributed by atoms with van der Waals surface area (Å²) in [6.07, 6.45) is 1.55. The van der Waals surface area contributed by atoms with Gasteiger partial charge in [0.25, 0.3) is 0 Å². The van der Waals surface area contributed by atoms with E-state index in [4.69, 9.17) is 5.84 Å². The van der Waals surface area contributed by atoms with Crippen molar-refractivity contribution in [1.29, 1.82) is 0 Å². The van der Waals surface area contributed by atoms with Crippen molar-refractivity contribution in [3.8, 4) is 0 Å². The molecule has 3 rings (SSSR count). The van der Waals surface area contributed by atoms with E-state index in [9.17, 15) is 10.1 Å². The van der Waals surface area contributed by atoms with Crippen LogP contribution in [0.1, 0.15) is 5.56 Å². The number of para-hydroxylation sites is 1. The predicted molar refractivity (Wildman–Crippen MR) is 77.5 cm³/mol. The van der Waals surface area contributed by atoms with Crippen molar-refractivity contribution in [2.45, 2.75) is 6.54 Å².